The van der Waals surface area contributed by atoms with Crippen LogP contribution in [0.15, 0.2) is 78.9 Å². The number of halogens is 1. The van der Waals surface area contributed by atoms with Gasteiger partial charge in [-0.05, 0) is 48.0 Å². The van der Waals surface area contributed by atoms with E-state index in [-0.39, 0.29) is 12.7 Å². The van der Waals surface area contributed by atoms with Crippen LogP contribution in [-0.4, -0.2) is 22.5 Å². The first-order valence-corrected chi connectivity index (χ1v) is 10.1. The summed E-state index contributed by atoms with van der Waals surface area (Å²) >= 11 is 6.03. The average molecular weight is 432 g/mol. The van der Waals surface area contributed by atoms with Crippen LogP contribution in [0, 0.1) is 0 Å². The predicted molar refractivity (Wildman–Crippen MR) is 118 cm³/mol. The summed E-state index contributed by atoms with van der Waals surface area (Å²) in [6, 6.07) is 24.4. The maximum absolute atomic E-state index is 13.1. The Labute approximate surface area is 184 Å². The highest BCUT2D eigenvalue weighted by atomic mass is 35.5. The second-order valence-electron chi connectivity index (χ2n) is 7.04. The van der Waals surface area contributed by atoms with Crippen LogP contribution in [0.1, 0.15) is 16.1 Å². The van der Waals surface area contributed by atoms with Crippen LogP contribution in [0.4, 0.5) is 0 Å². The summed E-state index contributed by atoms with van der Waals surface area (Å²) in [7, 11) is 0. The van der Waals surface area contributed by atoms with Gasteiger partial charge in [0.05, 0.1) is 11.4 Å². The zero-order valence-electron chi connectivity index (χ0n) is 16.4. The van der Waals surface area contributed by atoms with Crippen molar-refractivity contribution in [2.75, 3.05) is 6.79 Å². The van der Waals surface area contributed by atoms with Crippen molar-refractivity contribution >= 4 is 17.5 Å². The molecule has 3 aromatic carbocycles. The number of nitrogens with zero attached hydrogens (tertiary/aromatic N) is 2. The SMILES string of the molecule is O=C(NCc1ccc2c(c1)OCO2)c1cc(-c2ccccc2)nn1-c1ccc(Cl)cc1. The second-order valence-corrected chi connectivity index (χ2v) is 7.48. The monoisotopic (exact) mass is 431 g/mol. The fraction of sp³-hybridized carbons (Fsp3) is 0.0833. The number of hydrogen-bond acceptors (Lipinski definition) is 4. The van der Waals surface area contributed by atoms with Crippen molar-refractivity contribution in [3.63, 3.8) is 0 Å². The molecule has 0 saturated carbocycles. The lowest BCUT2D eigenvalue weighted by Gasteiger charge is -2.09. The van der Waals surface area contributed by atoms with Crippen LogP contribution in [-0.2, 0) is 6.54 Å². The van der Waals surface area contributed by atoms with Crippen LogP contribution >= 0.6 is 11.6 Å². The normalized spacial score (nSPS) is 12.0. The van der Waals surface area contributed by atoms with Crippen LogP contribution in [0.3, 0.4) is 0 Å². The molecule has 2 heterocycles. The van der Waals surface area contributed by atoms with Gasteiger partial charge in [0.25, 0.3) is 5.91 Å². The summed E-state index contributed by atoms with van der Waals surface area (Å²) in [5, 5.41) is 8.27. The molecule has 0 radical (unpaired) electrons. The molecule has 4 aromatic rings. The minimum Gasteiger partial charge on any atom is -0.454 e. The van der Waals surface area contributed by atoms with Crippen LogP contribution in [0.5, 0.6) is 11.5 Å². The Morgan fingerprint density at radius 3 is 2.55 bits per heavy atom. The molecule has 0 atom stereocenters. The maximum Gasteiger partial charge on any atom is 0.270 e. The van der Waals surface area contributed by atoms with Gasteiger partial charge in [0.1, 0.15) is 5.69 Å². The van der Waals surface area contributed by atoms with Gasteiger partial charge in [-0.15, -0.1) is 0 Å². The van der Waals surface area contributed by atoms with Gasteiger partial charge >= 0.3 is 0 Å². The zero-order chi connectivity index (χ0) is 21.2. The summed E-state index contributed by atoms with van der Waals surface area (Å²) < 4.78 is 12.4. The Morgan fingerprint density at radius 2 is 1.74 bits per heavy atom. The van der Waals surface area contributed by atoms with Gasteiger partial charge in [-0.1, -0.05) is 48.0 Å². The topological polar surface area (TPSA) is 65.4 Å². The van der Waals surface area contributed by atoms with Gasteiger partial charge in [-0.2, -0.15) is 5.10 Å². The molecule has 5 rings (SSSR count). The number of fused-ring (bicyclic) bond motifs is 1. The number of nitrogens with one attached hydrogen (secondary N) is 1. The van der Waals surface area contributed by atoms with E-state index < -0.39 is 0 Å². The molecule has 0 unspecified atom stereocenters. The fourth-order valence-electron chi connectivity index (χ4n) is 3.40. The first-order chi connectivity index (χ1) is 15.2. The number of carbonyl (C=O) groups is 1. The van der Waals surface area contributed by atoms with Crippen molar-refractivity contribution in [2.45, 2.75) is 6.54 Å². The quantitative estimate of drug-likeness (QED) is 0.490. The lowest BCUT2D eigenvalue weighted by Crippen LogP contribution is -2.25. The molecule has 0 fully saturated rings. The highest BCUT2D eigenvalue weighted by Gasteiger charge is 2.18. The molecule has 1 aliphatic rings. The zero-order valence-corrected chi connectivity index (χ0v) is 17.2. The number of rotatable bonds is 5. The number of ether oxygens (including phenoxy) is 2. The van der Waals surface area contributed by atoms with Crippen molar-refractivity contribution in [3.8, 4) is 28.4 Å². The third-order valence-electron chi connectivity index (χ3n) is 4.97. The van der Waals surface area contributed by atoms with Crippen molar-refractivity contribution in [1.29, 1.82) is 0 Å². The minimum atomic E-state index is -0.234. The third-order valence-corrected chi connectivity index (χ3v) is 5.22. The van der Waals surface area contributed by atoms with Crippen molar-refractivity contribution in [2.24, 2.45) is 0 Å². The molecule has 1 aromatic heterocycles. The van der Waals surface area contributed by atoms with Crippen LogP contribution in [0.2, 0.25) is 5.02 Å². The molecule has 1 N–H and O–H groups in total. The Balaban J connectivity index is 1.44. The molecule has 0 aliphatic carbocycles. The van der Waals surface area contributed by atoms with E-state index in [9.17, 15) is 4.79 Å². The van der Waals surface area contributed by atoms with E-state index in [1.54, 1.807) is 22.9 Å². The molecule has 0 bridgehead atoms. The van der Waals surface area contributed by atoms with E-state index in [0.717, 1.165) is 16.8 Å². The molecular formula is C24H18ClN3O3. The Hall–Kier alpha value is -3.77. The van der Waals surface area contributed by atoms with Crippen molar-refractivity contribution in [3.05, 3.63) is 95.1 Å². The highest BCUT2D eigenvalue weighted by molar-refractivity contribution is 6.30. The average Bonchev–Trinajstić information content (AvgIpc) is 3.46. The van der Waals surface area contributed by atoms with E-state index in [1.165, 1.54) is 0 Å². The molecule has 0 spiro atoms. The maximum atomic E-state index is 13.1. The number of aromatic nitrogens is 2. The second kappa shape index (κ2) is 8.16. The number of carbonyl (C=O) groups excluding carboxylic acids is 1. The Kier molecular flexibility index (Phi) is 5.06. The summed E-state index contributed by atoms with van der Waals surface area (Å²) in [4.78, 5) is 13.1. The fourth-order valence-corrected chi connectivity index (χ4v) is 3.52. The first-order valence-electron chi connectivity index (χ1n) is 9.75. The van der Waals surface area contributed by atoms with E-state index in [4.69, 9.17) is 21.1 Å². The highest BCUT2D eigenvalue weighted by Crippen LogP contribution is 2.32. The summed E-state index contributed by atoms with van der Waals surface area (Å²) in [5.74, 6) is 1.16. The Morgan fingerprint density at radius 1 is 0.968 bits per heavy atom. The standard InChI is InChI=1S/C24H18ClN3O3/c25-18-7-9-19(10-8-18)28-21(13-20(27-28)17-4-2-1-3-5-17)24(29)26-14-16-6-11-22-23(12-16)31-15-30-22/h1-13H,14-15H2,(H,26,29). The molecule has 7 heteroatoms. The Bertz CT molecular complexity index is 1240. The smallest absolute Gasteiger partial charge is 0.270 e. The number of amides is 1. The summed E-state index contributed by atoms with van der Waals surface area (Å²) in [5.41, 5.74) is 3.74. The lowest BCUT2D eigenvalue weighted by molar-refractivity contribution is 0.0943. The molecule has 1 aliphatic heterocycles. The van der Waals surface area contributed by atoms with Crippen LogP contribution in [0.25, 0.3) is 16.9 Å². The van der Waals surface area contributed by atoms with E-state index in [1.807, 2.05) is 60.7 Å². The van der Waals surface area contributed by atoms with Crippen molar-refractivity contribution < 1.29 is 14.3 Å². The van der Waals surface area contributed by atoms with E-state index >= 15 is 0 Å². The largest absolute Gasteiger partial charge is 0.454 e. The summed E-state index contributed by atoms with van der Waals surface area (Å²) in [6.07, 6.45) is 0. The molecule has 1 amide bonds. The van der Waals surface area contributed by atoms with Crippen molar-refractivity contribution in [1.82, 2.24) is 15.1 Å². The first kappa shape index (κ1) is 19.2. The van der Waals surface area contributed by atoms with Gasteiger partial charge < -0.3 is 14.8 Å². The molecule has 6 nitrogen and oxygen atoms in total. The van der Waals surface area contributed by atoms with Gasteiger partial charge in [0, 0.05) is 17.1 Å². The minimum absolute atomic E-state index is 0.216. The van der Waals surface area contributed by atoms with Gasteiger partial charge in [-0.25, -0.2) is 4.68 Å². The van der Waals surface area contributed by atoms with Crippen LogP contribution < -0.4 is 14.8 Å². The van der Waals surface area contributed by atoms with Gasteiger partial charge in [-0.3, -0.25) is 4.79 Å². The van der Waals surface area contributed by atoms with E-state index in [0.29, 0.717) is 34.5 Å². The number of hydrogen-bond donors (Lipinski definition) is 1. The summed E-state index contributed by atoms with van der Waals surface area (Å²) in [6.45, 7) is 0.565. The van der Waals surface area contributed by atoms with Gasteiger partial charge in [0.2, 0.25) is 6.79 Å². The lowest BCUT2D eigenvalue weighted by atomic mass is 10.1. The molecule has 0 saturated heterocycles. The predicted octanol–water partition coefficient (Wildman–Crippen LogP) is 4.85. The molecule has 154 valence electrons. The third kappa shape index (κ3) is 3.98. The molecule has 31 heavy (non-hydrogen) atoms. The van der Waals surface area contributed by atoms with Gasteiger partial charge in [0.15, 0.2) is 11.5 Å². The van der Waals surface area contributed by atoms with E-state index in [2.05, 4.69) is 10.4 Å². The molecular weight excluding hydrogens is 414 g/mol. The number of benzene rings is 3.